The van der Waals surface area contributed by atoms with E-state index in [9.17, 15) is 27.6 Å². The first-order valence-corrected chi connectivity index (χ1v) is 6.75. The Bertz CT molecular complexity index is 602. The van der Waals surface area contributed by atoms with Crippen LogP contribution in [0.25, 0.3) is 0 Å². The largest absolute Gasteiger partial charge is 0.484 e. The molecule has 0 aliphatic carbocycles. The molecule has 3 amide bonds. The molecule has 0 heterocycles. The van der Waals surface area contributed by atoms with Gasteiger partial charge in [-0.3, -0.25) is 14.4 Å². The number of hydrogen-bond acceptors (Lipinski definition) is 4. The van der Waals surface area contributed by atoms with E-state index in [1.807, 2.05) is 0 Å². The Morgan fingerprint density at radius 3 is 2.29 bits per heavy atom. The number of amides is 3. The second kappa shape index (κ2) is 8.18. The fraction of sp³-hybridized carbons (Fsp3) is 0.357. The van der Waals surface area contributed by atoms with Crippen LogP contribution in [0.2, 0.25) is 0 Å². The van der Waals surface area contributed by atoms with Crippen LogP contribution in [0, 0.1) is 0 Å². The summed E-state index contributed by atoms with van der Waals surface area (Å²) < 4.78 is 41.1. The van der Waals surface area contributed by atoms with Gasteiger partial charge < -0.3 is 21.1 Å². The van der Waals surface area contributed by atoms with E-state index in [4.69, 9.17) is 10.5 Å². The number of nitrogens with one attached hydrogen (secondary N) is 2. The lowest BCUT2D eigenvalue weighted by Gasteiger charge is -2.15. The van der Waals surface area contributed by atoms with Crippen molar-refractivity contribution in [1.82, 2.24) is 10.6 Å². The maximum atomic E-state index is 12.0. The molecule has 7 nitrogen and oxygen atoms in total. The van der Waals surface area contributed by atoms with Crippen LogP contribution in [-0.4, -0.2) is 43.1 Å². The molecule has 0 saturated heterocycles. The van der Waals surface area contributed by atoms with Crippen LogP contribution in [0.5, 0.6) is 5.75 Å². The molecule has 1 aromatic carbocycles. The predicted molar refractivity (Wildman–Crippen MR) is 77.1 cm³/mol. The zero-order chi connectivity index (χ0) is 18.3. The van der Waals surface area contributed by atoms with Crippen molar-refractivity contribution in [1.29, 1.82) is 0 Å². The van der Waals surface area contributed by atoms with Crippen molar-refractivity contribution < 1.29 is 32.3 Å². The Morgan fingerprint density at radius 2 is 1.79 bits per heavy atom. The van der Waals surface area contributed by atoms with Crippen LogP contribution in [0.3, 0.4) is 0 Å². The van der Waals surface area contributed by atoms with Crippen molar-refractivity contribution in [2.45, 2.75) is 19.1 Å². The Morgan fingerprint density at radius 1 is 1.21 bits per heavy atom. The number of carbonyl (C=O) groups is 3. The van der Waals surface area contributed by atoms with Crippen LogP contribution in [-0.2, 0) is 9.59 Å². The first-order valence-electron chi connectivity index (χ1n) is 6.75. The molecule has 0 aliphatic rings. The summed E-state index contributed by atoms with van der Waals surface area (Å²) in [6, 6.07) is 4.51. The van der Waals surface area contributed by atoms with Gasteiger partial charge in [0.15, 0.2) is 6.61 Å². The van der Waals surface area contributed by atoms with Gasteiger partial charge in [0.1, 0.15) is 18.3 Å². The fourth-order valence-corrected chi connectivity index (χ4v) is 1.55. The molecule has 4 N–H and O–H groups in total. The first-order chi connectivity index (χ1) is 11.1. The van der Waals surface area contributed by atoms with Gasteiger partial charge >= 0.3 is 6.18 Å². The minimum atomic E-state index is -4.53. The van der Waals surface area contributed by atoms with E-state index in [0.29, 0.717) is 0 Å². The monoisotopic (exact) mass is 347 g/mol. The summed E-state index contributed by atoms with van der Waals surface area (Å²) in [5, 5.41) is 3.85. The summed E-state index contributed by atoms with van der Waals surface area (Å²) in [4.78, 5) is 33.9. The summed E-state index contributed by atoms with van der Waals surface area (Å²) in [7, 11) is 0. The first kappa shape index (κ1) is 19.3. The van der Waals surface area contributed by atoms with Gasteiger partial charge in [0.2, 0.25) is 11.8 Å². The second-order valence-electron chi connectivity index (χ2n) is 4.80. The van der Waals surface area contributed by atoms with Crippen molar-refractivity contribution in [2.75, 3.05) is 13.2 Å². The van der Waals surface area contributed by atoms with Gasteiger partial charge in [-0.2, -0.15) is 13.2 Å². The number of carbonyl (C=O) groups excluding carboxylic acids is 3. The van der Waals surface area contributed by atoms with E-state index in [0.717, 1.165) is 0 Å². The maximum absolute atomic E-state index is 12.0. The zero-order valence-electron chi connectivity index (χ0n) is 12.6. The molecule has 1 rings (SSSR count). The Labute approximate surface area is 135 Å². The molecule has 10 heteroatoms. The number of hydrogen-bond donors (Lipinski definition) is 3. The van der Waals surface area contributed by atoms with Crippen molar-refractivity contribution >= 4 is 17.7 Å². The second-order valence-corrected chi connectivity index (χ2v) is 4.80. The van der Waals surface area contributed by atoms with E-state index in [2.05, 4.69) is 5.32 Å². The third-order valence-electron chi connectivity index (χ3n) is 2.74. The molecule has 0 saturated carbocycles. The third kappa shape index (κ3) is 6.99. The van der Waals surface area contributed by atoms with Gasteiger partial charge in [-0.05, 0) is 31.2 Å². The topological polar surface area (TPSA) is 111 Å². The average molecular weight is 347 g/mol. The van der Waals surface area contributed by atoms with E-state index in [1.54, 1.807) is 5.32 Å². The SMILES string of the molecule is CC(NC(=O)COc1ccc(C(N)=O)cc1)C(=O)NCC(F)(F)F. The summed E-state index contributed by atoms with van der Waals surface area (Å²) in [5.41, 5.74) is 5.33. The molecule has 0 spiro atoms. The van der Waals surface area contributed by atoms with Gasteiger partial charge in [-0.15, -0.1) is 0 Å². The van der Waals surface area contributed by atoms with Crippen LogP contribution in [0.15, 0.2) is 24.3 Å². The van der Waals surface area contributed by atoms with E-state index >= 15 is 0 Å². The molecule has 1 aromatic rings. The van der Waals surface area contributed by atoms with Gasteiger partial charge in [0.25, 0.3) is 5.91 Å². The minimum absolute atomic E-state index is 0.266. The molecule has 1 atom stereocenters. The molecule has 0 fully saturated rings. The number of halogens is 3. The number of rotatable bonds is 7. The summed E-state index contributed by atoms with van der Waals surface area (Å²) in [6.45, 7) is -0.688. The predicted octanol–water partition coefficient (Wildman–Crippen LogP) is 0.347. The highest BCUT2D eigenvalue weighted by Gasteiger charge is 2.29. The van der Waals surface area contributed by atoms with Crippen LogP contribution in [0.4, 0.5) is 13.2 Å². The van der Waals surface area contributed by atoms with Gasteiger partial charge in [-0.1, -0.05) is 0 Å². The highest BCUT2D eigenvalue weighted by molar-refractivity contribution is 5.92. The maximum Gasteiger partial charge on any atom is 0.405 e. The van der Waals surface area contributed by atoms with Gasteiger partial charge in [0.05, 0.1) is 0 Å². The molecule has 0 bridgehead atoms. The van der Waals surface area contributed by atoms with Crippen LogP contribution in [0.1, 0.15) is 17.3 Å². The van der Waals surface area contributed by atoms with E-state index in [1.165, 1.54) is 31.2 Å². The van der Waals surface area contributed by atoms with Crippen molar-refractivity contribution in [2.24, 2.45) is 5.73 Å². The summed E-state index contributed by atoms with van der Waals surface area (Å²) in [6.07, 6.45) is -4.53. The highest BCUT2D eigenvalue weighted by Crippen LogP contribution is 2.12. The molecular weight excluding hydrogens is 331 g/mol. The smallest absolute Gasteiger partial charge is 0.405 e. The van der Waals surface area contributed by atoms with Crippen molar-refractivity contribution in [3.8, 4) is 5.75 Å². The quantitative estimate of drug-likeness (QED) is 0.661. The number of ether oxygens (including phenoxy) is 1. The molecule has 24 heavy (non-hydrogen) atoms. The normalized spacial score (nSPS) is 12.2. The van der Waals surface area contributed by atoms with Crippen molar-refractivity contribution in [3.05, 3.63) is 29.8 Å². The zero-order valence-corrected chi connectivity index (χ0v) is 12.6. The summed E-state index contributed by atoms with van der Waals surface area (Å²) in [5.74, 6) is -1.99. The Hall–Kier alpha value is -2.78. The minimum Gasteiger partial charge on any atom is -0.484 e. The fourth-order valence-electron chi connectivity index (χ4n) is 1.55. The molecule has 132 valence electrons. The number of alkyl halides is 3. The lowest BCUT2D eigenvalue weighted by atomic mass is 10.2. The van der Waals surface area contributed by atoms with Gasteiger partial charge in [0, 0.05) is 5.56 Å². The lowest BCUT2D eigenvalue weighted by molar-refractivity contribution is -0.140. The molecule has 0 aromatic heterocycles. The standard InChI is InChI=1S/C14H16F3N3O4/c1-8(13(23)19-7-14(15,16)17)20-11(21)6-24-10-4-2-9(3-5-10)12(18)22/h2-5,8H,6-7H2,1H3,(H2,18,22)(H,19,23)(H,20,21). The molecule has 0 aliphatic heterocycles. The molecule has 1 unspecified atom stereocenters. The molecular formula is C14H16F3N3O4. The van der Waals surface area contributed by atoms with Crippen molar-refractivity contribution in [3.63, 3.8) is 0 Å². The van der Waals surface area contributed by atoms with E-state index in [-0.39, 0.29) is 11.3 Å². The molecule has 0 radical (unpaired) electrons. The summed E-state index contributed by atoms with van der Waals surface area (Å²) >= 11 is 0. The van der Waals surface area contributed by atoms with Gasteiger partial charge in [-0.25, -0.2) is 0 Å². The third-order valence-corrected chi connectivity index (χ3v) is 2.74. The van der Waals surface area contributed by atoms with Crippen LogP contribution >= 0.6 is 0 Å². The Kier molecular flexibility index (Phi) is 6.57. The number of nitrogens with two attached hydrogens (primary N) is 1. The number of benzene rings is 1. The average Bonchev–Trinajstić information content (AvgIpc) is 2.50. The highest BCUT2D eigenvalue weighted by atomic mass is 19.4. The van der Waals surface area contributed by atoms with E-state index < -0.39 is 43.1 Å². The number of primary amides is 1. The Balaban J connectivity index is 2.40. The van der Waals surface area contributed by atoms with Crippen LogP contribution < -0.4 is 21.1 Å². The lowest BCUT2D eigenvalue weighted by Crippen LogP contribution is -2.48.